The van der Waals surface area contributed by atoms with Gasteiger partial charge in [0.2, 0.25) is 5.91 Å². The second-order valence-electron chi connectivity index (χ2n) is 7.53. The standard InChI is InChI=1S/C20H27N5O2/c21-14-20(9-12-27-13-10-20)19(26)22-16-7-5-15(6-8-16)18-24-23-17-4-2-1-3-11-25(17)18/h5-8H,1-4,9-14,21H2,(H,22,26). The molecule has 0 saturated carbocycles. The SMILES string of the molecule is NCC1(C(=O)Nc2ccc(-c3nnc4n3CCCCC4)cc2)CCOCC1. The minimum Gasteiger partial charge on any atom is -0.381 e. The molecule has 1 fully saturated rings. The number of aryl methyl sites for hydroxylation is 1. The van der Waals surface area contributed by atoms with Crippen LogP contribution in [-0.4, -0.2) is 40.4 Å². The summed E-state index contributed by atoms with van der Waals surface area (Å²) >= 11 is 0. The summed E-state index contributed by atoms with van der Waals surface area (Å²) in [5.74, 6) is 1.97. The number of rotatable bonds is 4. The summed E-state index contributed by atoms with van der Waals surface area (Å²) in [7, 11) is 0. The zero-order valence-electron chi connectivity index (χ0n) is 15.6. The number of ether oxygens (including phenoxy) is 1. The first-order valence-corrected chi connectivity index (χ1v) is 9.84. The van der Waals surface area contributed by atoms with Gasteiger partial charge in [0.05, 0.1) is 5.41 Å². The Morgan fingerprint density at radius 1 is 1.15 bits per heavy atom. The fourth-order valence-electron chi connectivity index (χ4n) is 3.95. The van der Waals surface area contributed by atoms with E-state index in [1.54, 1.807) is 0 Å². The van der Waals surface area contributed by atoms with Crippen molar-refractivity contribution in [2.24, 2.45) is 11.1 Å². The van der Waals surface area contributed by atoms with Crippen LogP contribution in [0.2, 0.25) is 0 Å². The topological polar surface area (TPSA) is 95.1 Å². The Morgan fingerprint density at radius 2 is 1.93 bits per heavy atom. The maximum absolute atomic E-state index is 12.8. The van der Waals surface area contributed by atoms with E-state index in [1.165, 1.54) is 12.8 Å². The maximum Gasteiger partial charge on any atom is 0.232 e. The minimum absolute atomic E-state index is 0.0163. The molecule has 0 unspecified atom stereocenters. The maximum atomic E-state index is 12.8. The second kappa shape index (κ2) is 7.78. The molecule has 7 nitrogen and oxygen atoms in total. The Kier molecular flexibility index (Phi) is 5.22. The van der Waals surface area contributed by atoms with Gasteiger partial charge in [-0.05, 0) is 49.9 Å². The number of amides is 1. The highest BCUT2D eigenvalue weighted by Crippen LogP contribution is 2.31. The molecule has 0 spiro atoms. The Bertz CT molecular complexity index is 793. The third-order valence-electron chi connectivity index (χ3n) is 5.83. The number of carbonyl (C=O) groups is 1. The molecule has 2 aromatic rings. The molecule has 27 heavy (non-hydrogen) atoms. The first-order valence-electron chi connectivity index (χ1n) is 9.84. The molecule has 4 rings (SSSR count). The number of nitrogens with two attached hydrogens (primary N) is 1. The van der Waals surface area contributed by atoms with Crippen LogP contribution in [0.25, 0.3) is 11.4 Å². The molecule has 3 heterocycles. The van der Waals surface area contributed by atoms with Gasteiger partial charge in [-0.2, -0.15) is 0 Å². The van der Waals surface area contributed by atoms with Crippen LogP contribution in [0, 0.1) is 5.41 Å². The van der Waals surface area contributed by atoms with E-state index < -0.39 is 5.41 Å². The molecule has 144 valence electrons. The minimum atomic E-state index is -0.527. The van der Waals surface area contributed by atoms with Crippen LogP contribution >= 0.6 is 0 Å². The van der Waals surface area contributed by atoms with Crippen molar-refractivity contribution < 1.29 is 9.53 Å². The monoisotopic (exact) mass is 369 g/mol. The summed E-state index contributed by atoms with van der Waals surface area (Å²) in [4.78, 5) is 12.8. The first-order chi connectivity index (χ1) is 13.2. The number of hydrogen-bond donors (Lipinski definition) is 2. The van der Waals surface area contributed by atoms with E-state index >= 15 is 0 Å². The molecular formula is C20H27N5O2. The van der Waals surface area contributed by atoms with Gasteiger partial charge in [0.25, 0.3) is 0 Å². The van der Waals surface area contributed by atoms with Crippen molar-refractivity contribution in [1.82, 2.24) is 14.8 Å². The summed E-state index contributed by atoms with van der Waals surface area (Å²) in [6.45, 7) is 2.48. The second-order valence-corrected chi connectivity index (χ2v) is 7.53. The van der Waals surface area contributed by atoms with E-state index in [1.807, 2.05) is 24.3 Å². The normalized spacial score (nSPS) is 19.1. The number of nitrogens with one attached hydrogen (secondary N) is 1. The number of aromatic nitrogens is 3. The lowest BCUT2D eigenvalue weighted by Gasteiger charge is -2.34. The average molecular weight is 369 g/mol. The highest BCUT2D eigenvalue weighted by Gasteiger charge is 2.38. The largest absolute Gasteiger partial charge is 0.381 e. The van der Waals surface area contributed by atoms with Gasteiger partial charge in [-0.15, -0.1) is 10.2 Å². The van der Waals surface area contributed by atoms with Gasteiger partial charge >= 0.3 is 0 Å². The molecule has 0 bridgehead atoms. The van der Waals surface area contributed by atoms with Gasteiger partial charge in [0.15, 0.2) is 5.82 Å². The molecule has 1 amide bonds. The number of nitrogens with zero attached hydrogens (tertiary/aromatic N) is 3. The van der Waals surface area contributed by atoms with Gasteiger partial charge < -0.3 is 20.4 Å². The fraction of sp³-hybridized carbons (Fsp3) is 0.550. The van der Waals surface area contributed by atoms with E-state index in [0.717, 1.165) is 42.3 Å². The van der Waals surface area contributed by atoms with Crippen molar-refractivity contribution in [2.45, 2.75) is 45.1 Å². The Labute approximate surface area is 159 Å². The molecular weight excluding hydrogens is 342 g/mol. The molecule has 1 saturated heterocycles. The van der Waals surface area contributed by atoms with Gasteiger partial charge in [0, 0.05) is 44.0 Å². The van der Waals surface area contributed by atoms with Gasteiger partial charge in [0.1, 0.15) is 5.82 Å². The van der Waals surface area contributed by atoms with Crippen LogP contribution < -0.4 is 11.1 Å². The van der Waals surface area contributed by atoms with E-state index in [0.29, 0.717) is 32.6 Å². The zero-order valence-corrected chi connectivity index (χ0v) is 15.6. The molecule has 0 aliphatic carbocycles. The molecule has 7 heteroatoms. The lowest BCUT2D eigenvalue weighted by molar-refractivity contribution is -0.130. The predicted octanol–water partition coefficient (Wildman–Crippen LogP) is 2.37. The van der Waals surface area contributed by atoms with Crippen molar-refractivity contribution in [3.05, 3.63) is 30.1 Å². The number of hydrogen-bond acceptors (Lipinski definition) is 5. The summed E-state index contributed by atoms with van der Waals surface area (Å²) in [5, 5.41) is 11.8. The Hall–Kier alpha value is -2.25. The predicted molar refractivity (Wildman–Crippen MR) is 103 cm³/mol. The Balaban J connectivity index is 1.50. The Morgan fingerprint density at radius 3 is 2.67 bits per heavy atom. The van der Waals surface area contributed by atoms with Crippen LogP contribution in [0.1, 0.15) is 37.9 Å². The highest BCUT2D eigenvalue weighted by molar-refractivity contribution is 5.95. The van der Waals surface area contributed by atoms with Crippen LogP contribution in [0.5, 0.6) is 0 Å². The van der Waals surface area contributed by atoms with Crippen LogP contribution in [0.4, 0.5) is 5.69 Å². The van der Waals surface area contributed by atoms with Crippen molar-refractivity contribution >= 4 is 11.6 Å². The number of anilines is 1. The van der Waals surface area contributed by atoms with Crippen molar-refractivity contribution in [1.29, 1.82) is 0 Å². The molecule has 2 aliphatic rings. The van der Waals surface area contributed by atoms with Crippen molar-refractivity contribution in [3.63, 3.8) is 0 Å². The third-order valence-corrected chi connectivity index (χ3v) is 5.83. The molecule has 2 aliphatic heterocycles. The molecule has 1 aromatic carbocycles. The summed E-state index contributed by atoms with van der Waals surface area (Å²) < 4.78 is 7.62. The smallest absolute Gasteiger partial charge is 0.232 e. The summed E-state index contributed by atoms with van der Waals surface area (Å²) in [5.41, 5.74) is 7.20. The van der Waals surface area contributed by atoms with Crippen LogP contribution in [0.15, 0.2) is 24.3 Å². The van der Waals surface area contributed by atoms with Gasteiger partial charge in [-0.1, -0.05) is 6.42 Å². The van der Waals surface area contributed by atoms with E-state index in [-0.39, 0.29) is 5.91 Å². The molecule has 1 aromatic heterocycles. The third kappa shape index (κ3) is 3.61. The lowest BCUT2D eigenvalue weighted by atomic mass is 9.79. The number of benzene rings is 1. The molecule has 0 atom stereocenters. The van der Waals surface area contributed by atoms with E-state index in [2.05, 4.69) is 20.1 Å². The number of fused-ring (bicyclic) bond motifs is 1. The van der Waals surface area contributed by atoms with Crippen molar-refractivity contribution in [2.75, 3.05) is 25.1 Å². The molecule has 0 radical (unpaired) electrons. The van der Waals surface area contributed by atoms with E-state index in [4.69, 9.17) is 10.5 Å². The number of carbonyl (C=O) groups excluding carboxylic acids is 1. The highest BCUT2D eigenvalue weighted by atomic mass is 16.5. The van der Waals surface area contributed by atoms with Crippen LogP contribution in [-0.2, 0) is 22.5 Å². The fourth-order valence-corrected chi connectivity index (χ4v) is 3.95. The molecule has 3 N–H and O–H groups in total. The van der Waals surface area contributed by atoms with E-state index in [9.17, 15) is 4.79 Å². The first kappa shape index (κ1) is 18.1. The van der Waals surface area contributed by atoms with Gasteiger partial charge in [-0.3, -0.25) is 4.79 Å². The van der Waals surface area contributed by atoms with Crippen molar-refractivity contribution in [3.8, 4) is 11.4 Å². The van der Waals surface area contributed by atoms with Gasteiger partial charge in [-0.25, -0.2) is 0 Å². The summed E-state index contributed by atoms with van der Waals surface area (Å²) in [6.07, 6.45) is 5.90. The zero-order chi connectivity index (χ0) is 18.7. The van der Waals surface area contributed by atoms with Crippen LogP contribution in [0.3, 0.4) is 0 Å². The lowest BCUT2D eigenvalue weighted by Crippen LogP contribution is -2.46. The summed E-state index contributed by atoms with van der Waals surface area (Å²) in [6, 6.07) is 7.85. The average Bonchev–Trinajstić information content (AvgIpc) is 2.97. The quantitative estimate of drug-likeness (QED) is 0.863.